The lowest BCUT2D eigenvalue weighted by atomic mass is 10.4. The van der Waals surface area contributed by atoms with Gasteiger partial charge in [-0.25, -0.2) is 0 Å². The molecule has 0 rings (SSSR count). The van der Waals surface area contributed by atoms with Crippen LogP contribution in [0.3, 0.4) is 0 Å². The van der Waals surface area contributed by atoms with Crippen molar-refractivity contribution in [2.75, 3.05) is 31.3 Å². The second-order valence-corrected chi connectivity index (χ2v) is 10.7. The van der Waals surface area contributed by atoms with Gasteiger partial charge in [0.15, 0.2) is 0 Å². The van der Waals surface area contributed by atoms with Gasteiger partial charge in [0.05, 0.1) is 37.2 Å². The van der Waals surface area contributed by atoms with Gasteiger partial charge in [0, 0.05) is 7.26 Å². The van der Waals surface area contributed by atoms with Gasteiger partial charge in [-0.15, -0.1) is 0 Å². The van der Waals surface area contributed by atoms with Crippen LogP contribution in [0.4, 0.5) is 0 Å². The number of rotatable bonds is 13. The van der Waals surface area contributed by atoms with Crippen LogP contribution in [0.1, 0.15) is 79.1 Å². The highest BCUT2D eigenvalue weighted by molar-refractivity contribution is 7.75. The molecule has 0 saturated heterocycles. The molecule has 0 aliphatic heterocycles. The van der Waals surface area contributed by atoms with Gasteiger partial charge in [0.2, 0.25) is 0 Å². The van der Waals surface area contributed by atoms with Gasteiger partial charge in [0.25, 0.3) is 0 Å². The lowest BCUT2D eigenvalue weighted by Gasteiger charge is -2.28. The summed E-state index contributed by atoms with van der Waals surface area (Å²) in [4.78, 5) is 9.01. The first kappa shape index (κ1) is 24.1. The molecule has 134 valence electrons. The predicted molar refractivity (Wildman–Crippen MR) is 98.1 cm³/mol. The van der Waals surface area contributed by atoms with Gasteiger partial charge >= 0.3 is 0 Å². The zero-order valence-electron chi connectivity index (χ0n) is 15.4. The lowest BCUT2D eigenvalue weighted by Crippen LogP contribution is -2.25. The van der Waals surface area contributed by atoms with Gasteiger partial charge < -0.3 is 15.0 Å². The number of carbonyl (C=O) groups excluding carboxylic acids is 1. The number of aliphatic hydroxyl groups is 1. The van der Waals surface area contributed by atoms with Crippen LogP contribution in [0.2, 0.25) is 0 Å². The standard InChI is InChI=1S/C16H36P.C2H4O3/c1-5-9-13-17(14-10-6-2,15-11-7-3)16-12-8-4;3-1-2(4)5/h5-16H2,1-4H3;3H,1H2,(H,4,5)/q+1;/p-1. The highest BCUT2D eigenvalue weighted by Crippen LogP contribution is 2.61. The summed E-state index contributed by atoms with van der Waals surface area (Å²) in [5.41, 5.74) is 0. The summed E-state index contributed by atoms with van der Waals surface area (Å²) in [6.07, 6.45) is 17.9. The fraction of sp³-hybridized carbons (Fsp3) is 0.944. The van der Waals surface area contributed by atoms with Crippen molar-refractivity contribution in [2.24, 2.45) is 0 Å². The summed E-state index contributed by atoms with van der Waals surface area (Å²) in [6.45, 7) is 8.53. The molecule has 0 saturated carbocycles. The van der Waals surface area contributed by atoms with Crippen LogP contribution >= 0.6 is 7.26 Å². The van der Waals surface area contributed by atoms with Crippen LogP contribution in [0.5, 0.6) is 0 Å². The SMILES string of the molecule is CCCC[P+](CCCC)(CCCC)CCCC.O=C([O-])CO. The molecule has 0 spiro atoms. The Hall–Kier alpha value is -0.140. The van der Waals surface area contributed by atoms with Crippen LogP contribution in [-0.2, 0) is 4.79 Å². The maximum Gasteiger partial charge on any atom is 0.0826 e. The molecular formula is C18H39O3P. The second kappa shape index (κ2) is 17.2. The molecular weight excluding hydrogens is 295 g/mol. The zero-order chi connectivity index (χ0) is 17.3. The van der Waals surface area contributed by atoms with Crippen molar-refractivity contribution >= 4 is 13.2 Å². The Labute approximate surface area is 139 Å². The Balaban J connectivity index is 0. The Morgan fingerprint density at radius 1 is 0.773 bits per heavy atom. The molecule has 0 aromatic heterocycles. The van der Waals surface area contributed by atoms with Crippen molar-refractivity contribution in [3.8, 4) is 0 Å². The lowest BCUT2D eigenvalue weighted by molar-refractivity contribution is -0.308. The van der Waals surface area contributed by atoms with Crippen molar-refractivity contribution in [3.63, 3.8) is 0 Å². The average Bonchev–Trinajstić information content (AvgIpc) is 2.54. The molecule has 0 unspecified atom stereocenters. The molecule has 0 heterocycles. The van der Waals surface area contributed by atoms with E-state index in [1.165, 1.54) is 51.4 Å². The Bertz CT molecular complexity index is 207. The van der Waals surface area contributed by atoms with E-state index in [4.69, 9.17) is 15.0 Å². The van der Waals surface area contributed by atoms with Crippen LogP contribution in [0.25, 0.3) is 0 Å². The van der Waals surface area contributed by atoms with E-state index in [-0.39, 0.29) is 0 Å². The van der Waals surface area contributed by atoms with Crippen LogP contribution in [0.15, 0.2) is 0 Å². The largest absolute Gasteiger partial charge is 0.548 e. The van der Waals surface area contributed by atoms with E-state index < -0.39 is 19.8 Å². The fourth-order valence-corrected chi connectivity index (χ4v) is 7.93. The number of carboxylic acid groups (broad SMARTS) is 1. The Morgan fingerprint density at radius 3 is 1.14 bits per heavy atom. The first-order valence-electron chi connectivity index (χ1n) is 9.17. The van der Waals surface area contributed by atoms with Crippen molar-refractivity contribution in [2.45, 2.75) is 79.1 Å². The van der Waals surface area contributed by atoms with E-state index >= 15 is 0 Å². The molecule has 0 aliphatic rings. The predicted octanol–water partition coefficient (Wildman–Crippen LogP) is 3.93. The number of unbranched alkanes of at least 4 members (excludes halogenated alkanes) is 4. The first-order valence-corrected chi connectivity index (χ1v) is 11.7. The molecule has 0 aliphatic carbocycles. The van der Waals surface area contributed by atoms with E-state index in [1.54, 1.807) is 24.6 Å². The second-order valence-electron chi connectivity index (χ2n) is 6.18. The topological polar surface area (TPSA) is 60.4 Å². The van der Waals surface area contributed by atoms with E-state index in [0.29, 0.717) is 0 Å². The minimum absolute atomic E-state index is 0.562. The summed E-state index contributed by atoms with van der Waals surface area (Å²) in [5, 5.41) is 16.5. The van der Waals surface area contributed by atoms with Crippen LogP contribution in [-0.4, -0.2) is 42.3 Å². The number of hydrogen-bond acceptors (Lipinski definition) is 3. The number of aliphatic carboxylic acids is 1. The van der Waals surface area contributed by atoms with E-state index in [1.807, 2.05) is 0 Å². The van der Waals surface area contributed by atoms with Crippen LogP contribution in [0, 0.1) is 0 Å². The molecule has 0 amide bonds. The van der Waals surface area contributed by atoms with Gasteiger partial charge in [-0.2, -0.15) is 0 Å². The van der Waals surface area contributed by atoms with Crippen molar-refractivity contribution in [1.29, 1.82) is 0 Å². The summed E-state index contributed by atoms with van der Waals surface area (Å²) in [6, 6.07) is 0. The molecule has 1 N–H and O–H groups in total. The third kappa shape index (κ3) is 14.8. The Kier molecular flexibility index (Phi) is 18.9. The van der Waals surface area contributed by atoms with Gasteiger partial charge in [0.1, 0.15) is 0 Å². The van der Waals surface area contributed by atoms with E-state index in [0.717, 1.165) is 0 Å². The monoisotopic (exact) mass is 334 g/mol. The summed E-state index contributed by atoms with van der Waals surface area (Å²) in [5.74, 6) is -1.44. The molecule has 0 bridgehead atoms. The summed E-state index contributed by atoms with van der Waals surface area (Å²) in [7, 11) is -0.562. The normalized spacial score (nSPS) is 11.0. The molecule has 0 aromatic carbocycles. The molecule has 0 radical (unpaired) electrons. The molecule has 22 heavy (non-hydrogen) atoms. The Morgan fingerprint density at radius 2 is 1.00 bits per heavy atom. The number of hydrogen-bond donors (Lipinski definition) is 1. The number of carboxylic acids is 1. The molecule has 0 atom stereocenters. The van der Waals surface area contributed by atoms with Gasteiger partial charge in [-0.3, -0.25) is 0 Å². The highest BCUT2D eigenvalue weighted by Gasteiger charge is 2.34. The van der Waals surface area contributed by atoms with Crippen molar-refractivity contribution < 1.29 is 15.0 Å². The number of carbonyl (C=O) groups is 1. The minimum Gasteiger partial charge on any atom is -0.548 e. The van der Waals surface area contributed by atoms with E-state index in [9.17, 15) is 0 Å². The zero-order valence-corrected chi connectivity index (χ0v) is 16.3. The van der Waals surface area contributed by atoms with Crippen molar-refractivity contribution in [3.05, 3.63) is 0 Å². The smallest absolute Gasteiger partial charge is 0.0826 e. The molecule has 4 heteroatoms. The summed E-state index contributed by atoms with van der Waals surface area (Å²) >= 11 is 0. The number of aliphatic hydroxyl groups excluding tert-OH is 1. The first-order chi connectivity index (χ1) is 10.5. The fourth-order valence-electron chi connectivity index (χ4n) is 2.64. The van der Waals surface area contributed by atoms with Crippen LogP contribution < -0.4 is 5.11 Å². The third-order valence-electron chi connectivity index (χ3n) is 4.07. The molecule has 3 nitrogen and oxygen atoms in total. The molecule has 0 aromatic rings. The minimum atomic E-state index is -1.44. The van der Waals surface area contributed by atoms with E-state index in [2.05, 4.69) is 27.7 Å². The maximum absolute atomic E-state index is 9.01. The average molecular weight is 334 g/mol. The summed E-state index contributed by atoms with van der Waals surface area (Å²) < 4.78 is 0. The van der Waals surface area contributed by atoms with Gasteiger partial charge in [-0.05, 0) is 25.7 Å². The highest BCUT2D eigenvalue weighted by atomic mass is 31.2. The quantitative estimate of drug-likeness (QED) is 0.519. The maximum atomic E-state index is 9.01. The van der Waals surface area contributed by atoms with Gasteiger partial charge in [-0.1, -0.05) is 53.4 Å². The van der Waals surface area contributed by atoms with Crippen molar-refractivity contribution in [1.82, 2.24) is 0 Å². The third-order valence-corrected chi connectivity index (χ3v) is 9.13. The molecule has 0 fully saturated rings.